The number of nitrogens with zero attached hydrogens (tertiary/aromatic N) is 7. The van der Waals surface area contributed by atoms with Crippen molar-refractivity contribution in [3.05, 3.63) is 47.5 Å². The van der Waals surface area contributed by atoms with Crippen molar-refractivity contribution >= 4 is 11.8 Å². The summed E-state index contributed by atoms with van der Waals surface area (Å²) in [5.41, 5.74) is 1.53. The van der Waals surface area contributed by atoms with E-state index in [1.165, 1.54) is 63.9 Å². The van der Waals surface area contributed by atoms with Crippen LogP contribution in [0.1, 0.15) is 144 Å². The summed E-state index contributed by atoms with van der Waals surface area (Å²) in [7, 11) is 0. The van der Waals surface area contributed by atoms with E-state index in [0.29, 0.717) is 42.3 Å². The summed E-state index contributed by atoms with van der Waals surface area (Å²) in [6.45, 7) is 11.3. The SMILES string of the molecule is C#CCCCC(=O)N1CCN(CCCN2CCC3(CC2)CC(c2nnc(C)n2C2CC4CCC(C2)N4CC[C@H](NC(=O)C2CCC(F)(F)CC2)c2ccccc2)C3)CC1. The zero-order valence-corrected chi connectivity index (χ0v) is 35.5. The van der Waals surface area contributed by atoms with Crippen LogP contribution >= 0.6 is 0 Å². The van der Waals surface area contributed by atoms with Gasteiger partial charge in [0.25, 0.3) is 0 Å². The van der Waals surface area contributed by atoms with Crippen molar-refractivity contribution < 1.29 is 18.4 Å². The lowest BCUT2D eigenvalue weighted by molar-refractivity contribution is -0.133. The number of carbonyl (C=O) groups excluding carboxylic acids is 2. The number of terminal acetylenes is 1. The van der Waals surface area contributed by atoms with Crippen LogP contribution in [0.2, 0.25) is 0 Å². The molecule has 2 amide bonds. The first-order valence-corrected chi connectivity index (χ1v) is 23.1. The van der Waals surface area contributed by atoms with Crippen LogP contribution in [-0.4, -0.2) is 123 Å². The van der Waals surface area contributed by atoms with Gasteiger partial charge >= 0.3 is 0 Å². The molecule has 2 bridgehead atoms. The largest absolute Gasteiger partial charge is 0.349 e. The molecule has 1 aromatic heterocycles. The second-order valence-corrected chi connectivity index (χ2v) is 19.2. The number of likely N-dealkylation sites (tertiary alicyclic amines) is 1. The Kier molecular flexibility index (Phi) is 13.4. The number of aryl methyl sites for hydroxylation is 1. The number of unbranched alkanes of at least 4 members (excludes halogenated alkanes) is 1. The molecule has 4 aliphatic heterocycles. The van der Waals surface area contributed by atoms with E-state index in [2.05, 4.69) is 54.7 Å². The van der Waals surface area contributed by atoms with Gasteiger partial charge < -0.3 is 19.7 Å². The van der Waals surface area contributed by atoms with Crippen molar-refractivity contribution in [1.29, 1.82) is 0 Å². The molecule has 6 aliphatic rings. The van der Waals surface area contributed by atoms with E-state index in [0.717, 1.165) is 82.9 Å². The molecule has 0 radical (unpaired) electrons. The van der Waals surface area contributed by atoms with Crippen LogP contribution in [0.4, 0.5) is 8.78 Å². The lowest BCUT2D eigenvalue weighted by Crippen LogP contribution is -2.49. The number of alkyl halides is 2. The molecule has 5 heterocycles. The minimum Gasteiger partial charge on any atom is -0.349 e. The van der Waals surface area contributed by atoms with Gasteiger partial charge in [-0.15, -0.1) is 22.5 Å². The molecule has 4 saturated heterocycles. The molecular weight excluding hydrogens is 747 g/mol. The van der Waals surface area contributed by atoms with Crippen LogP contribution in [0.5, 0.6) is 0 Å². The number of piperidine rings is 2. The van der Waals surface area contributed by atoms with Crippen molar-refractivity contribution in [2.45, 2.75) is 152 Å². The second kappa shape index (κ2) is 18.7. The van der Waals surface area contributed by atoms with E-state index < -0.39 is 5.92 Å². The molecule has 2 aromatic rings. The molecule has 1 aromatic carbocycles. The molecule has 2 saturated carbocycles. The average molecular weight is 815 g/mol. The van der Waals surface area contributed by atoms with Crippen molar-refractivity contribution in [3.63, 3.8) is 0 Å². The Hall–Kier alpha value is -3.40. The number of fused-ring (bicyclic) bond motifs is 2. The first-order chi connectivity index (χ1) is 28.6. The predicted molar refractivity (Wildman–Crippen MR) is 226 cm³/mol. The fourth-order valence-electron chi connectivity index (χ4n) is 11.9. The number of hydrogen-bond donors (Lipinski definition) is 1. The highest BCUT2D eigenvalue weighted by molar-refractivity contribution is 5.79. The summed E-state index contributed by atoms with van der Waals surface area (Å²) >= 11 is 0. The van der Waals surface area contributed by atoms with Gasteiger partial charge in [0.05, 0.1) is 6.04 Å². The smallest absolute Gasteiger partial charge is 0.248 e. The molecular formula is C47H68F2N8O2. The summed E-state index contributed by atoms with van der Waals surface area (Å²) in [6, 6.07) is 11.5. The van der Waals surface area contributed by atoms with E-state index in [1.54, 1.807) is 0 Å². The molecule has 59 heavy (non-hydrogen) atoms. The standard InChI is InChI=1S/C47H68F2N8O2/c1-3-4-6-12-43(58)55-29-27-54(28-30-55)23-9-22-53-25-20-46(21-26-53)33-38(34-46)44-52-51-35(2)57(44)41-31-39-13-14-40(32-41)56(39)24-17-42(36-10-7-5-8-11-36)50-45(59)37-15-18-47(48,49)19-16-37/h1,5,7-8,10-11,37-42H,4,6,9,12-34H2,2H3,(H,50,59)/t39?,40?,41?,42-/m0/s1. The molecule has 2 aliphatic carbocycles. The van der Waals surface area contributed by atoms with Gasteiger partial charge in [-0.05, 0) is 128 Å². The maximum atomic E-state index is 13.8. The van der Waals surface area contributed by atoms with E-state index in [1.807, 2.05) is 23.1 Å². The Morgan fingerprint density at radius 3 is 2.17 bits per heavy atom. The number of piperazine rings is 1. The number of benzene rings is 1. The van der Waals surface area contributed by atoms with E-state index in [4.69, 9.17) is 11.5 Å². The fourth-order valence-corrected chi connectivity index (χ4v) is 11.9. The van der Waals surface area contributed by atoms with Gasteiger partial charge in [0.1, 0.15) is 11.6 Å². The first kappa shape index (κ1) is 42.3. The zero-order valence-electron chi connectivity index (χ0n) is 35.5. The van der Waals surface area contributed by atoms with Crippen molar-refractivity contribution in [3.8, 4) is 12.3 Å². The number of hydrogen-bond acceptors (Lipinski definition) is 7. The molecule has 12 heteroatoms. The van der Waals surface area contributed by atoms with Crippen LogP contribution < -0.4 is 5.32 Å². The highest BCUT2D eigenvalue weighted by Crippen LogP contribution is 2.57. The van der Waals surface area contributed by atoms with Gasteiger partial charge in [-0.1, -0.05) is 30.3 Å². The highest BCUT2D eigenvalue weighted by atomic mass is 19.3. The summed E-state index contributed by atoms with van der Waals surface area (Å²) in [5.74, 6) is 2.60. The van der Waals surface area contributed by atoms with Crippen LogP contribution in [0.15, 0.2) is 30.3 Å². The van der Waals surface area contributed by atoms with Gasteiger partial charge in [-0.2, -0.15) is 0 Å². The van der Waals surface area contributed by atoms with Crippen molar-refractivity contribution in [2.24, 2.45) is 11.3 Å². The van der Waals surface area contributed by atoms with Gasteiger partial charge in [-0.25, -0.2) is 8.78 Å². The molecule has 1 N–H and O–H groups in total. The van der Waals surface area contributed by atoms with Crippen LogP contribution in [0.3, 0.4) is 0 Å². The van der Waals surface area contributed by atoms with Crippen LogP contribution in [0.25, 0.3) is 0 Å². The molecule has 3 atom stereocenters. The summed E-state index contributed by atoms with van der Waals surface area (Å²) in [5, 5.41) is 12.8. The third-order valence-electron chi connectivity index (χ3n) is 15.4. The Morgan fingerprint density at radius 2 is 1.51 bits per heavy atom. The fraction of sp³-hybridized carbons (Fsp3) is 0.745. The van der Waals surface area contributed by atoms with Gasteiger partial charge in [0.2, 0.25) is 17.7 Å². The Labute approximate surface area is 351 Å². The minimum atomic E-state index is -2.64. The summed E-state index contributed by atoms with van der Waals surface area (Å²) in [6.07, 6.45) is 19.1. The Morgan fingerprint density at radius 1 is 0.847 bits per heavy atom. The molecule has 322 valence electrons. The normalized spacial score (nSPS) is 27.0. The average Bonchev–Trinajstić information content (AvgIpc) is 3.72. The maximum Gasteiger partial charge on any atom is 0.248 e. The third kappa shape index (κ3) is 10.1. The summed E-state index contributed by atoms with van der Waals surface area (Å²) in [4.78, 5) is 35.7. The lowest BCUT2D eigenvalue weighted by atomic mass is 9.57. The van der Waals surface area contributed by atoms with E-state index >= 15 is 0 Å². The Bertz CT molecular complexity index is 1730. The number of halogens is 2. The van der Waals surface area contributed by atoms with E-state index in [9.17, 15) is 18.4 Å². The summed E-state index contributed by atoms with van der Waals surface area (Å²) < 4.78 is 30.2. The molecule has 2 unspecified atom stereocenters. The van der Waals surface area contributed by atoms with Crippen LogP contribution in [0, 0.1) is 30.6 Å². The number of nitrogens with one attached hydrogen (secondary N) is 1. The quantitative estimate of drug-likeness (QED) is 0.151. The molecule has 1 spiro atoms. The van der Waals surface area contributed by atoms with E-state index in [-0.39, 0.29) is 49.5 Å². The second-order valence-electron chi connectivity index (χ2n) is 19.2. The first-order valence-electron chi connectivity index (χ1n) is 23.1. The highest BCUT2D eigenvalue weighted by Gasteiger charge is 2.49. The lowest BCUT2D eigenvalue weighted by Gasteiger charge is -2.52. The minimum absolute atomic E-state index is 0.0735. The van der Waals surface area contributed by atoms with Gasteiger partial charge in [-0.3, -0.25) is 19.4 Å². The van der Waals surface area contributed by atoms with Crippen LogP contribution in [-0.2, 0) is 9.59 Å². The van der Waals surface area contributed by atoms with Gasteiger partial charge in [0, 0.05) is 88.4 Å². The number of rotatable bonds is 15. The Balaban J connectivity index is 0.782. The molecule has 8 rings (SSSR count). The van der Waals surface area contributed by atoms with Crippen molar-refractivity contribution in [1.82, 2.24) is 39.7 Å². The predicted octanol–water partition coefficient (Wildman–Crippen LogP) is 7.12. The third-order valence-corrected chi connectivity index (χ3v) is 15.4. The number of carbonyl (C=O) groups is 2. The topological polar surface area (TPSA) is 89.8 Å². The van der Waals surface area contributed by atoms with Crippen molar-refractivity contribution in [2.75, 3.05) is 58.9 Å². The number of aromatic nitrogens is 3. The molecule has 6 fully saturated rings. The number of amides is 2. The molecule has 10 nitrogen and oxygen atoms in total. The monoisotopic (exact) mass is 815 g/mol. The maximum absolute atomic E-state index is 13.8. The van der Waals surface area contributed by atoms with Gasteiger partial charge in [0.15, 0.2) is 0 Å². The zero-order chi connectivity index (χ0) is 41.0.